The monoisotopic (exact) mass is 278 g/mol. The first-order valence-electron chi connectivity index (χ1n) is 7.70. The molecule has 1 aromatic heterocycles. The van der Waals surface area contributed by atoms with Crippen molar-refractivity contribution in [3.63, 3.8) is 0 Å². The molecule has 1 N–H and O–H groups in total. The molecule has 2 rings (SSSR count). The van der Waals surface area contributed by atoms with E-state index in [1.165, 1.54) is 0 Å². The van der Waals surface area contributed by atoms with Gasteiger partial charge < -0.3 is 14.6 Å². The van der Waals surface area contributed by atoms with E-state index in [1.54, 1.807) is 0 Å². The van der Waals surface area contributed by atoms with E-state index in [-0.39, 0.29) is 5.91 Å². The largest absolute Gasteiger partial charge is 0.465 e. The summed E-state index contributed by atoms with van der Waals surface area (Å²) in [6.45, 7) is 8.64. The van der Waals surface area contributed by atoms with Crippen LogP contribution in [0.25, 0.3) is 0 Å². The van der Waals surface area contributed by atoms with E-state index >= 15 is 0 Å². The lowest BCUT2D eigenvalue weighted by atomic mass is 9.89. The third-order valence-corrected chi connectivity index (χ3v) is 4.25. The molecule has 1 saturated heterocycles. The van der Waals surface area contributed by atoms with Gasteiger partial charge in [0.05, 0.1) is 6.54 Å². The molecule has 20 heavy (non-hydrogen) atoms. The Bertz CT molecular complexity index is 441. The molecular weight excluding hydrogens is 252 g/mol. The fourth-order valence-electron chi connectivity index (χ4n) is 2.98. The average Bonchev–Trinajstić information content (AvgIpc) is 2.89. The number of likely N-dealkylation sites (tertiary alicyclic amines) is 1. The molecule has 2 atom stereocenters. The van der Waals surface area contributed by atoms with Gasteiger partial charge in [0.1, 0.15) is 11.5 Å². The summed E-state index contributed by atoms with van der Waals surface area (Å²) in [5.74, 6) is 2.76. The van der Waals surface area contributed by atoms with Crippen LogP contribution in [0.3, 0.4) is 0 Å². The molecule has 2 heterocycles. The third kappa shape index (κ3) is 3.63. The molecular formula is C16H26N2O2. The molecule has 2 unspecified atom stereocenters. The smallest absolute Gasteiger partial charge is 0.222 e. The van der Waals surface area contributed by atoms with Crippen molar-refractivity contribution in [1.82, 2.24) is 10.2 Å². The summed E-state index contributed by atoms with van der Waals surface area (Å²) in [6, 6.07) is 4.50. The van der Waals surface area contributed by atoms with Crippen molar-refractivity contribution in [3.8, 4) is 0 Å². The maximum atomic E-state index is 11.8. The number of hydrogen-bond acceptors (Lipinski definition) is 3. The number of furan rings is 1. The predicted octanol–water partition coefficient (Wildman–Crippen LogP) is 2.71. The summed E-state index contributed by atoms with van der Waals surface area (Å²) in [6.07, 6.45) is 2.74. The Labute approximate surface area is 121 Å². The van der Waals surface area contributed by atoms with E-state index in [0.717, 1.165) is 44.0 Å². The molecule has 0 aliphatic carbocycles. The molecule has 0 saturated carbocycles. The SMILES string of the molecule is CCC(=O)N1CCC(NCc2ccc(C)o2)C(CC)C1. The first-order chi connectivity index (χ1) is 9.63. The van der Waals surface area contributed by atoms with Crippen molar-refractivity contribution in [1.29, 1.82) is 0 Å². The zero-order chi connectivity index (χ0) is 14.5. The second-order valence-corrected chi connectivity index (χ2v) is 5.65. The van der Waals surface area contributed by atoms with Crippen LogP contribution in [0.2, 0.25) is 0 Å². The van der Waals surface area contributed by atoms with E-state index in [9.17, 15) is 4.79 Å². The van der Waals surface area contributed by atoms with Crippen LogP contribution in [0, 0.1) is 12.8 Å². The van der Waals surface area contributed by atoms with Gasteiger partial charge in [-0.05, 0) is 31.4 Å². The summed E-state index contributed by atoms with van der Waals surface area (Å²) < 4.78 is 5.59. The molecule has 0 bridgehead atoms. The fourth-order valence-corrected chi connectivity index (χ4v) is 2.98. The summed E-state index contributed by atoms with van der Waals surface area (Å²) in [7, 11) is 0. The summed E-state index contributed by atoms with van der Waals surface area (Å²) in [5, 5.41) is 3.60. The van der Waals surface area contributed by atoms with Crippen LogP contribution < -0.4 is 5.32 Å². The number of piperidine rings is 1. The van der Waals surface area contributed by atoms with Gasteiger partial charge >= 0.3 is 0 Å². The number of nitrogens with one attached hydrogen (secondary N) is 1. The number of carbonyl (C=O) groups excluding carboxylic acids is 1. The van der Waals surface area contributed by atoms with Crippen LogP contribution >= 0.6 is 0 Å². The maximum Gasteiger partial charge on any atom is 0.222 e. The third-order valence-electron chi connectivity index (χ3n) is 4.25. The Morgan fingerprint density at radius 2 is 2.25 bits per heavy atom. The topological polar surface area (TPSA) is 45.5 Å². The summed E-state index contributed by atoms with van der Waals surface area (Å²) in [5.41, 5.74) is 0. The van der Waals surface area contributed by atoms with Gasteiger partial charge in [-0.25, -0.2) is 0 Å². The van der Waals surface area contributed by atoms with Gasteiger partial charge in [-0.3, -0.25) is 4.79 Å². The first-order valence-corrected chi connectivity index (χ1v) is 7.70. The van der Waals surface area contributed by atoms with Crippen molar-refractivity contribution in [3.05, 3.63) is 23.7 Å². The van der Waals surface area contributed by atoms with Gasteiger partial charge in [0, 0.05) is 25.6 Å². The van der Waals surface area contributed by atoms with Crippen molar-refractivity contribution in [2.45, 2.75) is 52.6 Å². The zero-order valence-electron chi connectivity index (χ0n) is 12.8. The maximum absolute atomic E-state index is 11.8. The van der Waals surface area contributed by atoms with E-state index in [0.29, 0.717) is 18.4 Å². The minimum Gasteiger partial charge on any atom is -0.465 e. The molecule has 1 aliphatic heterocycles. The molecule has 1 fully saturated rings. The molecule has 4 nitrogen and oxygen atoms in total. The molecule has 0 radical (unpaired) electrons. The number of nitrogens with zero attached hydrogens (tertiary/aromatic N) is 1. The van der Waals surface area contributed by atoms with Crippen LogP contribution in [-0.2, 0) is 11.3 Å². The normalized spacial score (nSPS) is 23.1. The zero-order valence-corrected chi connectivity index (χ0v) is 12.8. The summed E-state index contributed by atoms with van der Waals surface area (Å²) in [4.78, 5) is 13.8. The van der Waals surface area contributed by atoms with E-state index < -0.39 is 0 Å². The van der Waals surface area contributed by atoms with Crippen molar-refractivity contribution in [2.75, 3.05) is 13.1 Å². The van der Waals surface area contributed by atoms with Gasteiger partial charge in [0.25, 0.3) is 0 Å². The molecule has 1 aromatic rings. The van der Waals surface area contributed by atoms with E-state index in [4.69, 9.17) is 4.42 Å². The van der Waals surface area contributed by atoms with Crippen LogP contribution in [0.5, 0.6) is 0 Å². The number of hydrogen-bond donors (Lipinski definition) is 1. The van der Waals surface area contributed by atoms with Gasteiger partial charge in [-0.1, -0.05) is 20.3 Å². The number of carbonyl (C=O) groups is 1. The highest BCUT2D eigenvalue weighted by molar-refractivity contribution is 5.75. The number of rotatable bonds is 5. The second-order valence-electron chi connectivity index (χ2n) is 5.65. The predicted molar refractivity (Wildman–Crippen MR) is 79.3 cm³/mol. The van der Waals surface area contributed by atoms with Gasteiger partial charge in [0.2, 0.25) is 5.91 Å². The molecule has 1 aliphatic rings. The molecule has 1 amide bonds. The lowest BCUT2D eigenvalue weighted by Crippen LogP contribution is -2.50. The second kappa shape index (κ2) is 6.93. The minimum absolute atomic E-state index is 0.281. The molecule has 0 aromatic carbocycles. The van der Waals surface area contributed by atoms with Gasteiger partial charge in [-0.15, -0.1) is 0 Å². The van der Waals surface area contributed by atoms with Crippen molar-refractivity contribution < 1.29 is 9.21 Å². The number of amides is 1. The molecule has 4 heteroatoms. The van der Waals surface area contributed by atoms with Crippen molar-refractivity contribution >= 4 is 5.91 Å². The van der Waals surface area contributed by atoms with Gasteiger partial charge in [-0.2, -0.15) is 0 Å². The van der Waals surface area contributed by atoms with Gasteiger partial charge in [0.15, 0.2) is 0 Å². The Kier molecular flexibility index (Phi) is 5.24. The Morgan fingerprint density at radius 1 is 1.45 bits per heavy atom. The molecule has 0 spiro atoms. The Morgan fingerprint density at radius 3 is 2.85 bits per heavy atom. The highest BCUT2D eigenvalue weighted by Crippen LogP contribution is 2.21. The highest BCUT2D eigenvalue weighted by Gasteiger charge is 2.29. The van der Waals surface area contributed by atoms with E-state index in [2.05, 4.69) is 12.2 Å². The Balaban J connectivity index is 1.87. The molecule has 112 valence electrons. The van der Waals surface area contributed by atoms with E-state index in [1.807, 2.05) is 30.9 Å². The van der Waals surface area contributed by atoms with Crippen molar-refractivity contribution in [2.24, 2.45) is 5.92 Å². The lowest BCUT2D eigenvalue weighted by Gasteiger charge is -2.38. The average molecular weight is 278 g/mol. The quantitative estimate of drug-likeness (QED) is 0.900. The van der Waals surface area contributed by atoms with Crippen LogP contribution in [0.15, 0.2) is 16.5 Å². The lowest BCUT2D eigenvalue weighted by molar-refractivity contribution is -0.133. The summed E-state index contributed by atoms with van der Waals surface area (Å²) >= 11 is 0. The fraction of sp³-hybridized carbons (Fsp3) is 0.688. The minimum atomic E-state index is 0.281. The van der Waals surface area contributed by atoms with Crippen LogP contribution in [-0.4, -0.2) is 29.9 Å². The van der Waals surface area contributed by atoms with Crippen LogP contribution in [0.4, 0.5) is 0 Å². The Hall–Kier alpha value is -1.29. The first kappa shape index (κ1) is 15.1. The van der Waals surface area contributed by atoms with Crippen LogP contribution in [0.1, 0.15) is 44.6 Å². The number of aryl methyl sites for hydroxylation is 1. The standard InChI is InChI=1S/C16H26N2O2/c1-4-13-11-18(16(19)5-2)9-8-15(13)17-10-14-7-6-12(3)20-14/h6-7,13,15,17H,4-5,8-11H2,1-3H3. The highest BCUT2D eigenvalue weighted by atomic mass is 16.3.